The Kier molecular flexibility index (Phi) is 8.99. The smallest absolute Gasteiger partial charge is 0.319 e. The number of rotatable bonds is 2. The Morgan fingerprint density at radius 3 is 2.80 bits per heavy atom. The molecule has 4 N–H and O–H groups in total. The molecule has 8 rings (SSSR count). The summed E-state index contributed by atoms with van der Waals surface area (Å²) >= 11 is 0. The first-order chi connectivity index (χ1) is 21.2. The Morgan fingerprint density at radius 1 is 1.20 bits per heavy atom. The number of halogens is 4. The van der Waals surface area contributed by atoms with Gasteiger partial charge in [-0.3, -0.25) is 9.88 Å². The molecule has 0 bridgehead atoms. The molecule has 4 aliphatic rings. The molecule has 3 saturated heterocycles. The minimum absolute atomic E-state index is 0. The molecule has 232 valence electrons. The molecule has 1 aliphatic carbocycles. The summed E-state index contributed by atoms with van der Waals surface area (Å²) in [5.74, 6) is 0.784. The first-order valence-corrected chi connectivity index (χ1v) is 14.6. The molecular weight excluding hydrogens is 814 g/mol. The fraction of sp³-hybridized carbons (Fsp3) is 0.375. The van der Waals surface area contributed by atoms with Gasteiger partial charge in [-0.25, -0.2) is 23.6 Å². The molecule has 8 nitrogen and oxygen atoms in total. The van der Waals surface area contributed by atoms with Crippen LogP contribution in [0.5, 0.6) is 6.01 Å². The van der Waals surface area contributed by atoms with Crippen LogP contribution in [0.3, 0.4) is 0 Å². The average Bonchev–Trinajstić information content (AvgIpc) is 3.30. The van der Waals surface area contributed by atoms with E-state index >= 15 is 4.39 Å². The van der Waals surface area contributed by atoms with Gasteiger partial charge in [-0.1, -0.05) is 18.4 Å². The number of anilines is 1. The maximum Gasteiger partial charge on any atom is 0.319 e. The molecule has 5 atom stereocenters. The van der Waals surface area contributed by atoms with Crippen molar-refractivity contribution in [3.8, 4) is 29.6 Å². The monoisotopic (exact) mass is 844 g/mol. The molecule has 5 heterocycles. The van der Waals surface area contributed by atoms with Crippen molar-refractivity contribution in [2.24, 2.45) is 5.92 Å². The number of hydrogen-bond donors (Lipinski definition) is 3. The van der Waals surface area contributed by atoms with E-state index in [0.717, 1.165) is 19.4 Å². The quantitative estimate of drug-likeness (QED) is 0.123. The number of nitrogen functional groups attached to an aromatic ring is 1. The predicted molar refractivity (Wildman–Crippen MR) is 156 cm³/mol. The van der Waals surface area contributed by atoms with E-state index in [4.69, 9.17) is 16.9 Å². The van der Waals surface area contributed by atoms with E-state index in [2.05, 4.69) is 25.8 Å². The van der Waals surface area contributed by atoms with Crippen molar-refractivity contribution in [1.82, 2.24) is 19.9 Å². The van der Waals surface area contributed by atoms with Gasteiger partial charge in [-0.05, 0) is 36.7 Å². The zero-order valence-corrected chi connectivity index (χ0v) is 28.3. The van der Waals surface area contributed by atoms with Crippen molar-refractivity contribution in [2.75, 3.05) is 38.6 Å². The van der Waals surface area contributed by atoms with E-state index in [0.29, 0.717) is 42.3 Å². The zero-order chi connectivity index (χ0) is 30.7. The van der Waals surface area contributed by atoms with Crippen molar-refractivity contribution in [3.63, 3.8) is 0 Å². The van der Waals surface area contributed by atoms with Crippen LogP contribution in [0.4, 0.5) is 29.1 Å². The second-order valence-electron chi connectivity index (χ2n) is 11.7. The third kappa shape index (κ3) is 5.77. The Bertz CT molecular complexity index is 1810. The van der Waals surface area contributed by atoms with Gasteiger partial charge in [0.05, 0.1) is 30.9 Å². The normalized spacial score (nSPS) is 25.9. The van der Waals surface area contributed by atoms with Crippen LogP contribution in [0.2, 0.25) is 0 Å². The largest absolute Gasteiger partial charge is 0.479 e. The van der Waals surface area contributed by atoms with Crippen LogP contribution in [0.1, 0.15) is 24.8 Å². The first-order valence-electron chi connectivity index (χ1n) is 14.6. The van der Waals surface area contributed by atoms with Gasteiger partial charge in [0.1, 0.15) is 35.0 Å². The third-order valence-corrected chi connectivity index (χ3v) is 8.98. The second-order valence-corrected chi connectivity index (χ2v) is 11.7. The number of aromatic nitrogens is 3. The third-order valence-electron chi connectivity index (χ3n) is 8.98. The van der Waals surface area contributed by atoms with E-state index in [1.807, 2.05) is 0 Å². The van der Waals surface area contributed by atoms with Crippen LogP contribution in [-0.4, -0.2) is 76.2 Å². The number of quaternary nitrogens is 1. The number of nitrogens with two attached hydrogens (primary N) is 1. The van der Waals surface area contributed by atoms with E-state index in [1.54, 1.807) is 6.07 Å². The molecule has 13 heteroatoms. The number of nitrogens with one attached hydrogen (secondary N) is 1. The molecule has 45 heavy (non-hydrogen) atoms. The van der Waals surface area contributed by atoms with Crippen LogP contribution < -0.4 is 10.6 Å². The Balaban J connectivity index is 0.000000306. The van der Waals surface area contributed by atoms with Crippen LogP contribution in [0.15, 0.2) is 30.5 Å². The summed E-state index contributed by atoms with van der Waals surface area (Å²) in [5.41, 5.74) is 6.12. The van der Waals surface area contributed by atoms with Crippen LogP contribution in [0.25, 0.3) is 32.9 Å². The first kappa shape index (κ1) is 32.0. The van der Waals surface area contributed by atoms with E-state index in [1.165, 1.54) is 36.9 Å². The predicted octanol–water partition coefficient (Wildman–Crippen LogP) is 3.63. The van der Waals surface area contributed by atoms with Crippen molar-refractivity contribution >= 4 is 33.2 Å². The fourth-order valence-electron chi connectivity index (χ4n) is 6.89. The number of ether oxygens (including phenoxy) is 1. The zero-order valence-electron chi connectivity index (χ0n) is 24.2. The van der Waals surface area contributed by atoms with Gasteiger partial charge in [0.25, 0.3) is 0 Å². The molecule has 3 aliphatic heterocycles. The summed E-state index contributed by atoms with van der Waals surface area (Å²) in [6.45, 7) is 2.84. The molecule has 0 radical (unpaired) electrons. The van der Waals surface area contributed by atoms with Crippen molar-refractivity contribution in [3.05, 3.63) is 53.7 Å². The summed E-state index contributed by atoms with van der Waals surface area (Å²) in [6.07, 6.45) is 8.43. The summed E-state index contributed by atoms with van der Waals surface area (Å²) in [4.78, 5) is 15.2. The maximum atomic E-state index is 16.0. The van der Waals surface area contributed by atoms with Crippen molar-refractivity contribution < 1.29 is 63.4 Å². The van der Waals surface area contributed by atoms with Crippen molar-refractivity contribution in [1.29, 1.82) is 0 Å². The van der Waals surface area contributed by atoms with Gasteiger partial charge in [0, 0.05) is 53.9 Å². The minimum Gasteiger partial charge on any atom is -0.479 e. The summed E-state index contributed by atoms with van der Waals surface area (Å²) in [7, 11) is 0. The van der Waals surface area contributed by atoms with Crippen molar-refractivity contribution in [2.45, 2.75) is 37.6 Å². The van der Waals surface area contributed by atoms with Crippen LogP contribution >= 0.6 is 0 Å². The Labute approximate surface area is 280 Å². The Hall–Kier alpha value is -3.00. The molecular formula is C32H30F4N6O2U. The van der Waals surface area contributed by atoms with Gasteiger partial charge in [-0.2, -0.15) is 11.4 Å². The van der Waals surface area contributed by atoms with E-state index in [9.17, 15) is 18.3 Å². The minimum atomic E-state index is -1.08. The number of benzene rings is 2. The number of alkyl halides is 2. The van der Waals surface area contributed by atoms with Crippen LogP contribution in [0, 0.1) is 67.1 Å². The SMILES string of the molecule is C#Cc1c(F)ccc2cc(N)cc(-c3ncc4c([NH+]5CCOC[C@H]6C5[C@@H]6F)nc(O)nc4c3F)c12.F[C@@H]1C[C-]2CCCN2C1.[U]. The van der Waals surface area contributed by atoms with E-state index in [-0.39, 0.29) is 76.0 Å². The number of fused-ring (bicyclic) bond motifs is 4. The number of pyridine rings is 1. The Morgan fingerprint density at radius 2 is 2.02 bits per heavy atom. The summed E-state index contributed by atoms with van der Waals surface area (Å²) < 4.78 is 62.9. The van der Waals surface area contributed by atoms with Crippen LogP contribution in [-0.2, 0) is 4.74 Å². The topological polar surface area (TPSA) is 102 Å². The van der Waals surface area contributed by atoms with Gasteiger partial charge in [0.15, 0.2) is 12.0 Å². The standard InChI is InChI=1S/C25H18F3N5O2.C7H11FN.U/c1-2-13-17(26)4-3-11-7-12(29)8-14(18(11)13)21-20(28)22-15(9-30-21)24(32-25(34)31-22)33-5-6-35-10-16-19(27)23(16)33;8-6-4-7-2-1-3-9(7)5-6;/h1,3-4,7-9,16,19,23H,5-6,10,29H2,(H,31,32,34);6H,1-5H2;/q;-1;/p+1/t16-,19-,23?;6-;/m11./s1. The number of aromatic hydroxyl groups is 1. The molecule has 4 aromatic rings. The van der Waals surface area contributed by atoms with Gasteiger partial charge < -0.3 is 20.5 Å². The maximum absolute atomic E-state index is 16.0. The summed E-state index contributed by atoms with van der Waals surface area (Å²) in [5, 5.41) is 11.3. The fourth-order valence-corrected chi connectivity index (χ4v) is 6.89. The molecule has 2 aromatic carbocycles. The number of terminal acetylenes is 1. The van der Waals surface area contributed by atoms with Gasteiger partial charge >= 0.3 is 6.01 Å². The van der Waals surface area contributed by atoms with E-state index < -0.39 is 36.0 Å². The molecule has 2 unspecified atom stereocenters. The van der Waals surface area contributed by atoms with Gasteiger partial charge in [0.2, 0.25) is 5.82 Å². The second kappa shape index (κ2) is 12.7. The number of hydrogen-bond acceptors (Lipinski definition) is 7. The molecule has 0 spiro atoms. The van der Waals surface area contributed by atoms with Gasteiger partial charge in [-0.15, -0.1) is 17.8 Å². The summed E-state index contributed by atoms with van der Waals surface area (Å²) in [6, 6.07) is 6.09. The number of nitrogens with zero attached hydrogens (tertiary/aromatic N) is 4. The molecule has 4 fully saturated rings. The molecule has 0 amide bonds. The average molecular weight is 845 g/mol. The molecule has 2 aromatic heterocycles. The molecule has 1 saturated carbocycles.